The van der Waals surface area contributed by atoms with Crippen LogP contribution in [0, 0.1) is 0 Å². The summed E-state index contributed by atoms with van der Waals surface area (Å²) in [6, 6.07) is 12.1. The Bertz CT molecular complexity index is 383. The average molecular weight is 216 g/mol. The average Bonchev–Trinajstić information content (AvgIpc) is 2.88. The van der Waals surface area contributed by atoms with Crippen LogP contribution in [-0.4, -0.2) is 10.7 Å². The van der Waals surface area contributed by atoms with Gasteiger partial charge in [-0.1, -0.05) is 30.3 Å². The first-order valence-electron chi connectivity index (χ1n) is 4.79. The molecule has 1 aromatic heterocycles. The summed E-state index contributed by atoms with van der Waals surface area (Å²) in [5, 5.41) is 1.20. The van der Waals surface area contributed by atoms with E-state index in [1.807, 2.05) is 36.7 Å². The van der Waals surface area contributed by atoms with Crippen LogP contribution in [0.2, 0.25) is 0 Å². The lowest BCUT2D eigenvalue weighted by molar-refractivity contribution is 1.41. The Morgan fingerprint density at radius 2 is 2.00 bits per heavy atom. The number of aromatic nitrogens is 1. The molecule has 76 valence electrons. The first-order chi connectivity index (χ1) is 7.47. The van der Waals surface area contributed by atoms with Gasteiger partial charge in [0.1, 0.15) is 0 Å². The van der Waals surface area contributed by atoms with E-state index in [2.05, 4.69) is 27.9 Å². The fourth-order valence-electron chi connectivity index (χ4n) is 1.26. The molecule has 0 saturated heterocycles. The standard InChI is InChI=1S/C9H7N.C3H5NS/c1-2-6-9-8(4-1)5-3-7-10-9;1-2-4-5-3-1/h1-7H;1-2,4H,3H2. The van der Waals surface area contributed by atoms with Gasteiger partial charge in [-0.25, -0.2) is 0 Å². The first-order valence-corrected chi connectivity index (χ1v) is 5.77. The van der Waals surface area contributed by atoms with E-state index < -0.39 is 0 Å². The largest absolute Gasteiger partial charge is 0.337 e. The van der Waals surface area contributed by atoms with Gasteiger partial charge in [0, 0.05) is 23.5 Å². The van der Waals surface area contributed by atoms with Crippen molar-refractivity contribution in [2.24, 2.45) is 0 Å². The van der Waals surface area contributed by atoms with Crippen molar-refractivity contribution >= 4 is 22.9 Å². The molecular weight excluding hydrogens is 204 g/mol. The molecule has 0 aliphatic carbocycles. The molecule has 0 bridgehead atoms. The molecular formula is C12H12N2S. The molecule has 1 N–H and O–H groups in total. The molecule has 0 radical (unpaired) electrons. The fourth-order valence-corrected chi connectivity index (χ4v) is 1.74. The minimum Gasteiger partial charge on any atom is -0.337 e. The van der Waals surface area contributed by atoms with E-state index in [4.69, 9.17) is 0 Å². The summed E-state index contributed by atoms with van der Waals surface area (Å²) >= 11 is 1.71. The van der Waals surface area contributed by atoms with Gasteiger partial charge in [-0.2, -0.15) is 0 Å². The van der Waals surface area contributed by atoms with Crippen LogP contribution in [0.1, 0.15) is 0 Å². The topological polar surface area (TPSA) is 24.9 Å². The molecule has 0 saturated carbocycles. The molecule has 0 spiro atoms. The first kappa shape index (κ1) is 10.1. The Kier molecular flexibility index (Phi) is 3.63. The number of benzene rings is 1. The van der Waals surface area contributed by atoms with E-state index in [1.54, 1.807) is 11.9 Å². The van der Waals surface area contributed by atoms with Gasteiger partial charge >= 0.3 is 0 Å². The highest BCUT2D eigenvalue weighted by atomic mass is 32.2. The van der Waals surface area contributed by atoms with Crippen molar-refractivity contribution in [1.82, 2.24) is 9.71 Å². The molecule has 2 heterocycles. The number of nitrogens with one attached hydrogen (secondary N) is 1. The molecule has 0 fully saturated rings. The Balaban J connectivity index is 0.000000144. The number of hydrogen-bond acceptors (Lipinski definition) is 3. The van der Waals surface area contributed by atoms with Crippen LogP contribution in [0.15, 0.2) is 54.9 Å². The molecule has 0 atom stereocenters. The van der Waals surface area contributed by atoms with Gasteiger partial charge in [-0.05, 0) is 24.1 Å². The Morgan fingerprint density at radius 1 is 1.13 bits per heavy atom. The summed E-state index contributed by atoms with van der Waals surface area (Å²) < 4.78 is 2.96. The summed E-state index contributed by atoms with van der Waals surface area (Å²) in [6.07, 6.45) is 5.84. The van der Waals surface area contributed by atoms with E-state index in [-0.39, 0.29) is 0 Å². The van der Waals surface area contributed by atoms with E-state index in [1.165, 1.54) is 5.39 Å². The second-order valence-corrected chi connectivity index (χ2v) is 3.89. The van der Waals surface area contributed by atoms with Gasteiger partial charge in [-0.3, -0.25) is 4.98 Å². The molecule has 2 nitrogen and oxygen atoms in total. The highest BCUT2D eigenvalue weighted by molar-refractivity contribution is 7.97. The maximum absolute atomic E-state index is 4.18. The van der Waals surface area contributed by atoms with Crippen LogP contribution < -0.4 is 4.72 Å². The van der Waals surface area contributed by atoms with Crippen LogP contribution in [-0.2, 0) is 0 Å². The summed E-state index contributed by atoms with van der Waals surface area (Å²) in [7, 11) is 0. The van der Waals surface area contributed by atoms with Crippen molar-refractivity contribution in [3.05, 3.63) is 54.9 Å². The van der Waals surface area contributed by atoms with Crippen molar-refractivity contribution in [3.63, 3.8) is 0 Å². The zero-order valence-corrected chi connectivity index (χ0v) is 9.08. The van der Waals surface area contributed by atoms with Gasteiger partial charge in [0.05, 0.1) is 5.52 Å². The number of pyridine rings is 1. The molecule has 1 aromatic carbocycles. The van der Waals surface area contributed by atoms with Crippen molar-refractivity contribution in [2.45, 2.75) is 0 Å². The number of para-hydroxylation sites is 1. The molecule has 0 amide bonds. The molecule has 15 heavy (non-hydrogen) atoms. The van der Waals surface area contributed by atoms with Crippen LogP contribution in [0.3, 0.4) is 0 Å². The monoisotopic (exact) mass is 216 g/mol. The van der Waals surface area contributed by atoms with Crippen LogP contribution in [0.4, 0.5) is 0 Å². The predicted octanol–water partition coefficient (Wildman–Crippen LogP) is 2.99. The van der Waals surface area contributed by atoms with Gasteiger partial charge in [0.15, 0.2) is 0 Å². The van der Waals surface area contributed by atoms with E-state index in [9.17, 15) is 0 Å². The van der Waals surface area contributed by atoms with E-state index >= 15 is 0 Å². The van der Waals surface area contributed by atoms with Gasteiger partial charge in [0.25, 0.3) is 0 Å². The molecule has 3 rings (SSSR count). The predicted molar refractivity (Wildman–Crippen MR) is 66.5 cm³/mol. The van der Waals surface area contributed by atoms with Crippen molar-refractivity contribution in [2.75, 3.05) is 5.75 Å². The Labute approximate surface area is 93.5 Å². The Morgan fingerprint density at radius 3 is 2.67 bits per heavy atom. The summed E-state index contributed by atoms with van der Waals surface area (Å²) in [5.74, 6) is 1.12. The SMILES string of the molecule is C1=CNSC1.c1ccc2ncccc2c1. The normalized spacial score (nSPS) is 13.1. The van der Waals surface area contributed by atoms with Gasteiger partial charge in [-0.15, -0.1) is 0 Å². The summed E-state index contributed by atoms with van der Waals surface area (Å²) in [6.45, 7) is 0. The van der Waals surface area contributed by atoms with Gasteiger partial charge in [0.2, 0.25) is 0 Å². The third-order valence-corrected chi connectivity index (χ3v) is 2.62. The highest BCUT2D eigenvalue weighted by Crippen LogP contribution is 2.07. The van der Waals surface area contributed by atoms with E-state index in [0.29, 0.717) is 0 Å². The van der Waals surface area contributed by atoms with Crippen molar-refractivity contribution < 1.29 is 0 Å². The van der Waals surface area contributed by atoms with E-state index in [0.717, 1.165) is 11.3 Å². The highest BCUT2D eigenvalue weighted by Gasteiger charge is 1.86. The number of fused-ring (bicyclic) bond motifs is 1. The Hall–Kier alpha value is -1.48. The second kappa shape index (κ2) is 5.41. The zero-order valence-electron chi connectivity index (χ0n) is 8.26. The van der Waals surface area contributed by atoms with Gasteiger partial charge < -0.3 is 4.72 Å². The number of rotatable bonds is 0. The minimum atomic E-state index is 1.06. The fraction of sp³-hybridized carbons (Fsp3) is 0.0833. The lowest BCUT2D eigenvalue weighted by Gasteiger charge is -1.91. The lowest BCUT2D eigenvalue weighted by Crippen LogP contribution is -1.78. The summed E-state index contributed by atoms with van der Waals surface area (Å²) in [5.41, 5.74) is 1.06. The minimum absolute atomic E-state index is 1.06. The zero-order chi connectivity index (χ0) is 10.3. The van der Waals surface area contributed by atoms with Crippen LogP contribution in [0.25, 0.3) is 10.9 Å². The molecule has 3 heteroatoms. The molecule has 1 aliphatic heterocycles. The molecule has 2 aromatic rings. The van der Waals surface area contributed by atoms with Crippen molar-refractivity contribution in [3.8, 4) is 0 Å². The maximum atomic E-state index is 4.18. The van der Waals surface area contributed by atoms with Crippen LogP contribution >= 0.6 is 11.9 Å². The third kappa shape index (κ3) is 2.99. The second-order valence-electron chi connectivity index (χ2n) is 3.03. The lowest BCUT2D eigenvalue weighted by atomic mass is 10.2. The summed E-state index contributed by atoms with van der Waals surface area (Å²) in [4.78, 5) is 4.18. The smallest absolute Gasteiger partial charge is 0.0701 e. The maximum Gasteiger partial charge on any atom is 0.0701 e. The quantitative estimate of drug-likeness (QED) is 0.685. The molecule has 1 aliphatic rings. The third-order valence-electron chi connectivity index (χ3n) is 1.96. The van der Waals surface area contributed by atoms with Crippen LogP contribution in [0.5, 0.6) is 0 Å². The molecule has 0 unspecified atom stereocenters. The number of nitrogens with zero attached hydrogens (tertiary/aromatic N) is 1. The number of hydrogen-bond donors (Lipinski definition) is 1. The van der Waals surface area contributed by atoms with Crippen molar-refractivity contribution in [1.29, 1.82) is 0 Å².